The maximum absolute atomic E-state index is 12.2. The molecule has 0 fully saturated rings. The fourth-order valence-corrected chi connectivity index (χ4v) is 2.11. The number of nitrogens with one attached hydrogen (secondary N) is 1. The van der Waals surface area contributed by atoms with Gasteiger partial charge in [0.25, 0.3) is 0 Å². The highest BCUT2D eigenvalue weighted by atomic mass is 16.5. The summed E-state index contributed by atoms with van der Waals surface area (Å²) in [4.78, 5) is 14.0. The third kappa shape index (κ3) is 3.70. The molecule has 4 nitrogen and oxygen atoms in total. The van der Waals surface area contributed by atoms with Crippen molar-refractivity contribution < 1.29 is 9.53 Å². The maximum atomic E-state index is 12.2. The number of nitrogens with zero attached hydrogens (tertiary/aromatic N) is 1. The second-order valence-electron chi connectivity index (χ2n) is 5.79. The number of carbonyl (C=O) groups excluding carboxylic acids is 1. The first kappa shape index (κ1) is 13.9. The molecule has 1 amide bonds. The predicted octanol–water partition coefficient (Wildman–Crippen LogP) is 2.19. The Bertz CT molecular complexity index is 452. The number of anilines is 1. The van der Waals surface area contributed by atoms with Gasteiger partial charge in [-0.05, 0) is 32.9 Å². The van der Waals surface area contributed by atoms with Crippen LogP contribution in [-0.2, 0) is 4.79 Å². The molecule has 0 aromatic heterocycles. The maximum Gasteiger partial charge on any atom is 0.230 e. The quantitative estimate of drug-likeness (QED) is 0.908. The van der Waals surface area contributed by atoms with Gasteiger partial charge in [0.05, 0.1) is 18.7 Å². The summed E-state index contributed by atoms with van der Waals surface area (Å²) in [5, 5.41) is 3.41. The van der Waals surface area contributed by atoms with Gasteiger partial charge in [0.15, 0.2) is 0 Å². The van der Waals surface area contributed by atoms with Gasteiger partial charge in [-0.1, -0.05) is 12.1 Å². The molecule has 0 aliphatic carbocycles. The number of carbonyl (C=O) groups is 1. The van der Waals surface area contributed by atoms with Crippen LogP contribution in [0.15, 0.2) is 24.3 Å². The molecule has 2 rings (SSSR count). The third-order valence-electron chi connectivity index (χ3n) is 3.02. The molecule has 1 heterocycles. The summed E-state index contributed by atoms with van der Waals surface area (Å²) in [7, 11) is 0. The lowest BCUT2D eigenvalue weighted by Gasteiger charge is -2.25. The minimum Gasteiger partial charge on any atom is -0.491 e. The van der Waals surface area contributed by atoms with Crippen LogP contribution in [0.3, 0.4) is 0 Å². The molecule has 1 aliphatic heterocycles. The van der Waals surface area contributed by atoms with Gasteiger partial charge in [0.1, 0.15) is 5.75 Å². The number of hydrogen-bond donors (Lipinski definition) is 1. The number of hydrogen-bond acceptors (Lipinski definition) is 3. The molecule has 0 unspecified atom stereocenters. The molecule has 4 heteroatoms. The van der Waals surface area contributed by atoms with E-state index in [1.54, 1.807) is 0 Å². The molecule has 0 spiro atoms. The molecule has 1 aliphatic rings. The lowest BCUT2D eigenvalue weighted by Crippen LogP contribution is -2.43. The van der Waals surface area contributed by atoms with E-state index in [0.29, 0.717) is 19.6 Å². The average molecular weight is 262 g/mol. The number of rotatable bonds is 3. The van der Waals surface area contributed by atoms with Crippen LogP contribution in [0.25, 0.3) is 0 Å². The summed E-state index contributed by atoms with van der Waals surface area (Å²) in [6.07, 6.45) is 0.435. The highest BCUT2D eigenvalue weighted by molar-refractivity contribution is 5.95. The lowest BCUT2D eigenvalue weighted by atomic mass is 10.1. The second-order valence-corrected chi connectivity index (χ2v) is 5.79. The van der Waals surface area contributed by atoms with Crippen LogP contribution in [-0.4, -0.2) is 31.1 Å². The highest BCUT2D eigenvalue weighted by Crippen LogP contribution is 2.30. The summed E-state index contributed by atoms with van der Waals surface area (Å²) >= 11 is 0. The number of fused-ring (bicyclic) bond motifs is 1. The largest absolute Gasteiger partial charge is 0.491 e. The first-order valence-corrected chi connectivity index (χ1v) is 6.74. The van der Waals surface area contributed by atoms with Crippen LogP contribution in [0, 0.1) is 0 Å². The van der Waals surface area contributed by atoms with Gasteiger partial charge < -0.3 is 15.0 Å². The molecule has 0 saturated heterocycles. The number of benzene rings is 1. The van der Waals surface area contributed by atoms with Gasteiger partial charge in [-0.2, -0.15) is 0 Å². The third-order valence-corrected chi connectivity index (χ3v) is 3.02. The Labute approximate surface area is 114 Å². The topological polar surface area (TPSA) is 41.6 Å². The van der Waals surface area contributed by atoms with Crippen LogP contribution < -0.4 is 15.0 Å². The number of ether oxygens (including phenoxy) is 1. The van der Waals surface area contributed by atoms with E-state index in [4.69, 9.17) is 4.74 Å². The van der Waals surface area contributed by atoms with Gasteiger partial charge in [-0.25, -0.2) is 0 Å². The molecule has 0 atom stereocenters. The zero-order valence-electron chi connectivity index (χ0n) is 11.9. The van der Waals surface area contributed by atoms with Crippen LogP contribution in [0.2, 0.25) is 0 Å². The molecule has 19 heavy (non-hydrogen) atoms. The highest BCUT2D eigenvalue weighted by Gasteiger charge is 2.22. The lowest BCUT2D eigenvalue weighted by molar-refractivity contribution is -0.118. The summed E-state index contributed by atoms with van der Waals surface area (Å²) < 4.78 is 5.61. The molecule has 0 radical (unpaired) electrons. The Balaban J connectivity index is 2.11. The summed E-state index contributed by atoms with van der Waals surface area (Å²) in [6.45, 7) is 8.25. The van der Waals surface area contributed by atoms with Crippen molar-refractivity contribution in [2.75, 3.05) is 24.6 Å². The van der Waals surface area contributed by atoms with Crippen molar-refractivity contribution in [2.45, 2.75) is 32.7 Å². The minimum absolute atomic E-state index is 0.0604. The van der Waals surface area contributed by atoms with Crippen molar-refractivity contribution in [2.24, 2.45) is 0 Å². The van der Waals surface area contributed by atoms with E-state index in [9.17, 15) is 4.79 Å². The van der Waals surface area contributed by atoms with E-state index in [0.717, 1.165) is 18.0 Å². The van der Waals surface area contributed by atoms with E-state index in [-0.39, 0.29) is 11.4 Å². The smallest absolute Gasteiger partial charge is 0.230 e. The fraction of sp³-hybridized carbons (Fsp3) is 0.533. The first-order chi connectivity index (χ1) is 8.97. The second kappa shape index (κ2) is 5.61. The minimum atomic E-state index is 0.0604. The average Bonchev–Trinajstić information content (AvgIpc) is 2.48. The van der Waals surface area contributed by atoms with Crippen LogP contribution in [0.5, 0.6) is 5.75 Å². The summed E-state index contributed by atoms with van der Waals surface area (Å²) in [5.74, 6) is 0.921. The van der Waals surface area contributed by atoms with Crippen LogP contribution >= 0.6 is 0 Å². The van der Waals surface area contributed by atoms with Crippen LogP contribution in [0.4, 0.5) is 5.69 Å². The zero-order chi connectivity index (χ0) is 13.9. The van der Waals surface area contributed by atoms with E-state index < -0.39 is 0 Å². The van der Waals surface area contributed by atoms with Crippen molar-refractivity contribution in [3.63, 3.8) is 0 Å². The van der Waals surface area contributed by atoms with Crippen molar-refractivity contribution in [1.82, 2.24) is 5.32 Å². The van der Waals surface area contributed by atoms with Gasteiger partial charge in [-0.15, -0.1) is 0 Å². The first-order valence-electron chi connectivity index (χ1n) is 6.74. The number of para-hydroxylation sites is 2. The van der Waals surface area contributed by atoms with E-state index in [2.05, 4.69) is 26.1 Å². The molecule has 104 valence electrons. The Hall–Kier alpha value is -1.55. The van der Waals surface area contributed by atoms with Crippen molar-refractivity contribution in [1.29, 1.82) is 0 Å². The van der Waals surface area contributed by atoms with E-state index in [1.165, 1.54) is 0 Å². The normalized spacial score (nSPS) is 15.7. The van der Waals surface area contributed by atoms with Crippen molar-refractivity contribution >= 4 is 11.6 Å². The van der Waals surface area contributed by atoms with E-state index >= 15 is 0 Å². The van der Waals surface area contributed by atoms with Gasteiger partial charge in [-0.3, -0.25) is 4.79 Å². The molecular formula is C15H22N2O2. The zero-order valence-corrected chi connectivity index (χ0v) is 11.9. The molecule has 1 N–H and O–H groups in total. The van der Waals surface area contributed by atoms with Gasteiger partial charge in [0.2, 0.25) is 5.91 Å². The molecule has 1 aromatic carbocycles. The molecular weight excluding hydrogens is 240 g/mol. The SMILES string of the molecule is CC(C)(C)NCCN1C(=O)CCOc2ccccc21. The Morgan fingerprint density at radius 3 is 2.79 bits per heavy atom. The summed E-state index contributed by atoms with van der Waals surface area (Å²) in [5.41, 5.74) is 0.936. The predicted molar refractivity (Wildman–Crippen MR) is 76.7 cm³/mol. The van der Waals surface area contributed by atoms with Crippen LogP contribution in [0.1, 0.15) is 27.2 Å². The van der Waals surface area contributed by atoms with E-state index in [1.807, 2.05) is 29.2 Å². The molecule has 1 aromatic rings. The molecule has 0 bridgehead atoms. The standard InChI is InChI=1S/C15H22N2O2/c1-15(2,3)16-9-10-17-12-6-4-5-7-13(12)19-11-8-14(17)18/h4-7,16H,8-11H2,1-3H3. The monoisotopic (exact) mass is 262 g/mol. The van der Waals surface area contributed by atoms with Crippen molar-refractivity contribution in [3.05, 3.63) is 24.3 Å². The Kier molecular flexibility index (Phi) is 4.10. The van der Waals surface area contributed by atoms with Crippen molar-refractivity contribution in [3.8, 4) is 5.75 Å². The Morgan fingerprint density at radius 1 is 1.32 bits per heavy atom. The molecule has 0 saturated carbocycles. The fourth-order valence-electron chi connectivity index (χ4n) is 2.11. The van der Waals surface area contributed by atoms with Gasteiger partial charge in [0, 0.05) is 18.6 Å². The Morgan fingerprint density at radius 2 is 2.05 bits per heavy atom. The van der Waals surface area contributed by atoms with Gasteiger partial charge >= 0.3 is 0 Å². The summed E-state index contributed by atoms with van der Waals surface area (Å²) in [6, 6.07) is 7.72. The number of amides is 1.